The maximum absolute atomic E-state index is 11.9. The van der Waals surface area contributed by atoms with Gasteiger partial charge in [-0.15, -0.1) is 6.58 Å². The molecule has 2 atom stereocenters. The number of amides is 1. The average Bonchev–Trinajstić information content (AvgIpc) is 2.21. The van der Waals surface area contributed by atoms with Gasteiger partial charge in [0, 0.05) is 12.5 Å². The molecule has 1 unspecified atom stereocenters. The highest BCUT2D eigenvalue weighted by Gasteiger charge is 2.24. The van der Waals surface area contributed by atoms with Gasteiger partial charge in [0.15, 0.2) is 0 Å². The molecular formula is C13H25NO. The Labute approximate surface area is 94.1 Å². The maximum Gasteiger partial charge on any atom is 0.223 e. The summed E-state index contributed by atoms with van der Waals surface area (Å²) in [5, 5.41) is 2.90. The Morgan fingerprint density at radius 1 is 1.40 bits per heavy atom. The van der Waals surface area contributed by atoms with E-state index in [0.717, 1.165) is 12.8 Å². The first-order chi connectivity index (χ1) is 7.02. The number of nitrogens with one attached hydrogen (secondary N) is 1. The van der Waals surface area contributed by atoms with E-state index in [1.165, 1.54) is 0 Å². The van der Waals surface area contributed by atoms with Crippen LogP contribution < -0.4 is 5.32 Å². The molecule has 1 amide bonds. The van der Waals surface area contributed by atoms with E-state index in [2.05, 4.69) is 39.6 Å². The molecular weight excluding hydrogens is 186 g/mol. The smallest absolute Gasteiger partial charge is 0.223 e. The largest absolute Gasteiger partial charge is 0.352 e. The summed E-state index contributed by atoms with van der Waals surface area (Å²) in [7, 11) is 0. The Morgan fingerprint density at radius 3 is 2.40 bits per heavy atom. The van der Waals surface area contributed by atoms with Gasteiger partial charge >= 0.3 is 0 Å². The molecule has 0 spiro atoms. The maximum atomic E-state index is 11.9. The normalized spacial score (nSPS) is 14.7. The van der Waals surface area contributed by atoms with Gasteiger partial charge in [-0.2, -0.15) is 0 Å². The molecule has 2 heteroatoms. The van der Waals surface area contributed by atoms with Crippen LogP contribution in [0.2, 0.25) is 0 Å². The molecule has 0 aromatic rings. The van der Waals surface area contributed by atoms with E-state index in [1.807, 2.05) is 0 Å². The van der Waals surface area contributed by atoms with E-state index in [9.17, 15) is 4.79 Å². The molecule has 0 aromatic heterocycles. The molecule has 0 aromatic carbocycles. The van der Waals surface area contributed by atoms with Crippen molar-refractivity contribution < 1.29 is 4.79 Å². The van der Waals surface area contributed by atoms with Crippen molar-refractivity contribution in [3.8, 4) is 0 Å². The molecule has 0 bridgehead atoms. The summed E-state index contributed by atoms with van der Waals surface area (Å²) >= 11 is 0. The highest BCUT2D eigenvalue weighted by atomic mass is 16.1. The first-order valence-electron chi connectivity index (χ1n) is 5.91. The van der Waals surface area contributed by atoms with Crippen LogP contribution in [0.1, 0.15) is 40.5 Å². The van der Waals surface area contributed by atoms with Crippen LogP contribution in [0.4, 0.5) is 0 Å². The lowest BCUT2D eigenvalue weighted by Crippen LogP contribution is -2.35. The Balaban J connectivity index is 4.33. The minimum Gasteiger partial charge on any atom is -0.352 e. The van der Waals surface area contributed by atoms with E-state index in [1.54, 1.807) is 6.08 Å². The van der Waals surface area contributed by atoms with Crippen LogP contribution in [0.5, 0.6) is 0 Å². The zero-order valence-corrected chi connectivity index (χ0v) is 10.5. The highest BCUT2D eigenvalue weighted by molar-refractivity contribution is 5.79. The molecule has 0 aliphatic rings. The second-order valence-corrected chi connectivity index (χ2v) is 4.66. The molecule has 0 rings (SSSR count). The zero-order valence-electron chi connectivity index (χ0n) is 10.5. The Kier molecular flexibility index (Phi) is 7.10. The molecule has 0 saturated heterocycles. The van der Waals surface area contributed by atoms with Crippen LogP contribution in [0.25, 0.3) is 0 Å². The predicted octanol–water partition coefficient (Wildman–Crippen LogP) is 3.00. The fourth-order valence-electron chi connectivity index (χ4n) is 1.69. The van der Waals surface area contributed by atoms with Gasteiger partial charge in [-0.1, -0.05) is 40.2 Å². The lowest BCUT2D eigenvalue weighted by Gasteiger charge is -2.23. The highest BCUT2D eigenvalue weighted by Crippen LogP contribution is 2.23. The van der Waals surface area contributed by atoms with Crippen LogP contribution >= 0.6 is 0 Å². The van der Waals surface area contributed by atoms with Crippen molar-refractivity contribution in [1.82, 2.24) is 5.32 Å². The third-order valence-electron chi connectivity index (χ3n) is 2.81. The van der Waals surface area contributed by atoms with Gasteiger partial charge in [0.05, 0.1) is 0 Å². The van der Waals surface area contributed by atoms with E-state index in [0.29, 0.717) is 18.4 Å². The van der Waals surface area contributed by atoms with Gasteiger partial charge in [0.1, 0.15) is 0 Å². The van der Waals surface area contributed by atoms with Gasteiger partial charge in [0.2, 0.25) is 5.91 Å². The molecule has 0 aliphatic heterocycles. The summed E-state index contributed by atoms with van der Waals surface area (Å²) in [6.45, 7) is 12.8. The SMILES string of the molecule is C=CCNC(=O)C(CC(C)C)[C@@H](C)CC. The molecule has 1 N–H and O–H groups in total. The topological polar surface area (TPSA) is 29.1 Å². The second kappa shape index (κ2) is 7.49. The van der Waals surface area contributed by atoms with Crippen LogP contribution in [-0.4, -0.2) is 12.5 Å². The number of carbonyl (C=O) groups is 1. The standard InChI is InChI=1S/C13H25NO/c1-6-8-14-13(15)12(9-10(3)4)11(5)7-2/h6,10-12H,1,7-9H2,2-5H3,(H,14,15)/t11-,12?/m0/s1. The summed E-state index contributed by atoms with van der Waals surface area (Å²) in [5.41, 5.74) is 0. The molecule has 0 aliphatic carbocycles. The fraction of sp³-hybridized carbons (Fsp3) is 0.769. The van der Waals surface area contributed by atoms with Crippen molar-refractivity contribution in [2.75, 3.05) is 6.54 Å². The van der Waals surface area contributed by atoms with Crippen molar-refractivity contribution in [2.45, 2.75) is 40.5 Å². The first-order valence-corrected chi connectivity index (χ1v) is 5.91. The van der Waals surface area contributed by atoms with Crippen molar-refractivity contribution in [3.05, 3.63) is 12.7 Å². The number of hydrogen-bond acceptors (Lipinski definition) is 1. The average molecular weight is 211 g/mol. The first kappa shape index (κ1) is 14.2. The summed E-state index contributed by atoms with van der Waals surface area (Å²) in [5.74, 6) is 1.35. The quantitative estimate of drug-likeness (QED) is 0.644. The molecule has 0 radical (unpaired) electrons. The third kappa shape index (κ3) is 5.60. The summed E-state index contributed by atoms with van der Waals surface area (Å²) < 4.78 is 0. The molecule has 0 saturated carbocycles. The molecule has 88 valence electrons. The van der Waals surface area contributed by atoms with E-state index in [4.69, 9.17) is 0 Å². The minimum absolute atomic E-state index is 0.148. The summed E-state index contributed by atoms with van der Waals surface area (Å²) in [6.07, 6.45) is 3.75. The second-order valence-electron chi connectivity index (χ2n) is 4.66. The van der Waals surface area contributed by atoms with Crippen molar-refractivity contribution >= 4 is 5.91 Å². The molecule has 0 fully saturated rings. The van der Waals surface area contributed by atoms with Crippen molar-refractivity contribution in [2.24, 2.45) is 17.8 Å². The van der Waals surface area contributed by atoms with Crippen molar-refractivity contribution in [3.63, 3.8) is 0 Å². The lowest BCUT2D eigenvalue weighted by molar-refractivity contribution is -0.126. The fourth-order valence-corrected chi connectivity index (χ4v) is 1.69. The van der Waals surface area contributed by atoms with Crippen LogP contribution in [0.15, 0.2) is 12.7 Å². The molecule has 15 heavy (non-hydrogen) atoms. The lowest BCUT2D eigenvalue weighted by atomic mass is 9.84. The Bertz CT molecular complexity index is 199. The Morgan fingerprint density at radius 2 is 2.00 bits per heavy atom. The number of hydrogen-bond donors (Lipinski definition) is 1. The number of rotatable bonds is 7. The summed E-state index contributed by atoms with van der Waals surface area (Å²) in [4.78, 5) is 11.9. The van der Waals surface area contributed by atoms with Gasteiger partial charge < -0.3 is 5.32 Å². The van der Waals surface area contributed by atoms with Gasteiger partial charge in [-0.25, -0.2) is 0 Å². The monoisotopic (exact) mass is 211 g/mol. The Hall–Kier alpha value is -0.790. The molecule has 0 heterocycles. The number of carbonyl (C=O) groups excluding carboxylic acids is 1. The predicted molar refractivity (Wildman–Crippen MR) is 65.6 cm³/mol. The summed E-state index contributed by atoms with van der Waals surface area (Å²) in [6, 6.07) is 0. The van der Waals surface area contributed by atoms with Crippen LogP contribution in [-0.2, 0) is 4.79 Å². The van der Waals surface area contributed by atoms with Crippen LogP contribution in [0.3, 0.4) is 0 Å². The van der Waals surface area contributed by atoms with Crippen LogP contribution in [0, 0.1) is 17.8 Å². The van der Waals surface area contributed by atoms with E-state index in [-0.39, 0.29) is 11.8 Å². The van der Waals surface area contributed by atoms with E-state index < -0.39 is 0 Å². The minimum atomic E-state index is 0.148. The van der Waals surface area contributed by atoms with Gasteiger partial charge in [-0.3, -0.25) is 4.79 Å². The molecule has 2 nitrogen and oxygen atoms in total. The van der Waals surface area contributed by atoms with Crippen molar-refractivity contribution in [1.29, 1.82) is 0 Å². The van der Waals surface area contributed by atoms with Gasteiger partial charge in [-0.05, 0) is 18.3 Å². The zero-order chi connectivity index (χ0) is 11.8. The third-order valence-corrected chi connectivity index (χ3v) is 2.81. The van der Waals surface area contributed by atoms with E-state index >= 15 is 0 Å². The van der Waals surface area contributed by atoms with Gasteiger partial charge in [0.25, 0.3) is 0 Å².